The standard InChI is InChI=1S/C10H8ClNO.C7H7O/c11-7-13-9-3-4-10-8(6-9)2-1-5-12-10;8-6-7-4-2-1-3-5-7/h1-6H,7H2;1-5H,6H2. The first-order valence-electron chi connectivity index (χ1n) is 6.49. The van der Waals surface area contributed by atoms with Crippen LogP contribution in [-0.2, 0) is 11.7 Å². The van der Waals surface area contributed by atoms with Crippen molar-refractivity contribution < 1.29 is 9.84 Å². The molecule has 1 aromatic heterocycles. The average molecular weight is 301 g/mol. The summed E-state index contributed by atoms with van der Waals surface area (Å²) < 4.78 is 5.15. The van der Waals surface area contributed by atoms with E-state index in [2.05, 4.69) is 4.98 Å². The third-order valence-electron chi connectivity index (χ3n) is 2.81. The van der Waals surface area contributed by atoms with E-state index in [4.69, 9.17) is 16.3 Å². The lowest BCUT2D eigenvalue weighted by atomic mass is 10.2. The van der Waals surface area contributed by atoms with Gasteiger partial charge in [-0.2, -0.15) is 0 Å². The average Bonchev–Trinajstić information content (AvgIpc) is 2.56. The third-order valence-corrected chi connectivity index (χ3v) is 2.91. The quantitative estimate of drug-likeness (QED) is 0.672. The Kier molecular flexibility index (Phi) is 6.00. The van der Waals surface area contributed by atoms with Crippen LogP contribution < -0.4 is 4.74 Å². The Morgan fingerprint density at radius 3 is 2.48 bits per heavy atom. The summed E-state index contributed by atoms with van der Waals surface area (Å²) in [5.41, 5.74) is 1.82. The number of nitrogens with zero attached hydrogens (tertiary/aromatic N) is 1. The number of halogens is 1. The molecular weight excluding hydrogens is 286 g/mol. The van der Waals surface area contributed by atoms with Crippen molar-refractivity contribution >= 4 is 22.5 Å². The van der Waals surface area contributed by atoms with Gasteiger partial charge in [-0.05, 0) is 29.8 Å². The van der Waals surface area contributed by atoms with Crippen LogP contribution in [0.25, 0.3) is 10.9 Å². The number of rotatable bonds is 3. The minimum Gasteiger partial charge on any atom is -0.478 e. The molecule has 0 atom stereocenters. The molecule has 3 rings (SSSR count). The highest BCUT2D eigenvalue weighted by atomic mass is 35.5. The fraction of sp³-hybridized carbons (Fsp3) is 0.118. The molecule has 3 aromatic rings. The van der Waals surface area contributed by atoms with Crippen LogP contribution in [0, 0.1) is 0 Å². The van der Waals surface area contributed by atoms with E-state index in [0.29, 0.717) is 0 Å². The van der Waals surface area contributed by atoms with Crippen molar-refractivity contribution in [3.8, 4) is 5.75 Å². The third kappa shape index (κ3) is 4.74. The highest BCUT2D eigenvalue weighted by Gasteiger charge is 1.96. The zero-order valence-electron chi connectivity index (χ0n) is 11.4. The molecular formula is C17H15ClNO2. The van der Waals surface area contributed by atoms with Gasteiger partial charge >= 0.3 is 0 Å². The fourth-order valence-electron chi connectivity index (χ4n) is 1.78. The molecule has 4 heteroatoms. The molecule has 0 saturated carbocycles. The summed E-state index contributed by atoms with van der Waals surface area (Å²) in [4.78, 5) is 4.19. The van der Waals surface area contributed by atoms with Gasteiger partial charge in [-0.3, -0.25) is 4.98 Å². The van der Waals surface area contributed by atoms with Gasteiger partial charge in [0, 0.05) is 11.6 Å². The summed E-state index contributed by atoms with van der Waals surface area (Å²) in [5.74, 6) is 0.774. The molecule has 0 saturated heterocycles. The minimum absolute atomic E-state index is 0.110. The smallest absolute Gasteiger partial charge is 0.162 e. The number of hydrogen-bond acceptors (Lipinski definition) is 2. The lowest BCUT2D eigenvalue weighted by Gasteiger charge is -2.02. The summed E-state index contributed by atoms with van der Waals surface area (Å²) in [5, 5.41) is 11.2. The van der Waals surface area contributed by atoms with Crippen LogP contribution in [-0.4, -0.2) is 11.1 Å². The van der Waals surface area contributed by atoms with Crippen molar-refractivity contribution in [2.75, 3.05) is 6.07 Å². The maximum atomic E-state index is 10.1. The normalized spacial score (nSPS) is 9.81. The molecule has 0 amide bonds. The van der Waals surface area contributed by atoms with E-state index in [0.717, 1.165) is 22.2 Å². The van der Waals surface area contributed by atoms with Crippen LogP contribution in [0.15, 0.2) is 66.9 Å². The molecule has 0 N–H and O–H groups in total. The van der Waals surface area contributed by atoms with E-state index in [1.54, 1.807) is 6.20 Å². The van der Waals surface area contributed by atoms with Gasteiger partial charge in [0.05, 0.1) is 5.52 Å². The predicted molar refractivity (Wildman–Crippen MR) is 83.9 cm³/mol. The molecule has 0 unspecified atom stereocenters. The van der Waals surface area contributed by atoms with Crippen molar-refractivity contribution in [3.63, 3.8) is 0 Å². The second-order valence-corrected chi connectivity index (χ2v) is 4.46. The van der Waals surface area contributed by atoms with E-state index in [-0.39, 0.29) is 12.7 Å². The number of aromatic nitrogens is 1. The zero-order valence-corrected chi connectivity index (χ0v) is 12.2. The molecule has 0 aliphatic rings. The first-order chi connectivity index (χ1) is 10.3. The van der Waals surface area contributed by atoms with Crippen molar-refractivity contribution in [1.82, 2.24) is 4.98 Å². The van der Waals surface area contributed by atoms with Gasteiger partial charge in [0.2, 0.25) is 0 Å². The Labute approximate surface area is 128 Å². The lowest BCUT2D eigenvalue weighted by Crippen LogP contribution is -1.88. The Morgan fingerprint density at radius 1 is 1.00 bits per heavy atom. The molecule has 107 valence electrons. The van der Waals surface area contributed by atoms with Crippen molar-refractivity contribution in [1.29, 1.82) is 0 Å². The Bertz CT molecular complexity index is 674. The first-order valence-corrected chi connectivity index (χ1v) is 7.02. The number of pyridine rings is 1. The maximum absolute atomic E-state index is 10.1. The first kappa shape index (κ1) is 15.3. The van der Waals surface area contributed by atoms with Crippen LogP contribution in [0.3, 0.4) is 0 Å². The van der Waals surface area contributed by atoms with Gasteiger partial charge in [-0.1, -0.05) is 48.0 Å². The molecule has 0 fully saturated rings. The molecule has 1 heterocycles. The zero-order chi connectivity index (χ0) is 14.9. The number of hydrogen-bond donors (Lipinski definition) is 0. The van der Waals surface area contributed by atoms with Crippen LogP contribution in [0.2, 0.25) is 0 Å². The van der Waals surface area contributed by atoms with Crippen LogP contribution in [0.5, 0.6) is 5.75 Å². The summed E-state index contributed by atoms with van der Waals surface area (Å²) >= 11 is 5.45. The Balaban J connectivity index is 0.000000173. The van der Waals surface area contributed by atoms with Gasteiger partial charge < -0.3 is 4.74 Å². The Morgan fingerprint density at radius 2 is 1.81 bits per heavy atom. The largest absolute Gasteiger partial charge is 0.478 e. The number of ether oxygens (including phenoxy) is 1. The predicted octanol–water partition coefficient (Wildman–Crippen LogP) is 4.43. The van der Waals surface area contributed by atoms with E-state index < -0.39 is 0 Å². The van der Waals surface area contributed by atoms with Crippen LogP contribution in [0.1, 0.15) is 5.56 Å². The summed E-state index contributed by atoms with van der Waals surface area (Å²) in [6.45, 7) is -0.110. The lowest BCUT2D eigenvalue weighted by molar-refractivity contribution is 0.177. The SMILES string of the molecule is ClCOc1ccc2ncccc2c1.[O]Cc1ccccc1. The topological polar surface area (TPSA) is 42.0 Å². The maximum Gasteiger partial charge on any atom is 0.162 e. The van der Waals surface area contributed by atoms with Gasteiger partial charge in [-0.25, -0.2) is 5.11 Å². The second kappa shape index (κ2) is 8.25. The van der Waals surface area contributed by atoms with E-state index in [1.165, 1.54) is 0 Å². The van der Waals surface area contributed by atoms with Crippen LogP contribution >= 0.6 is 11.6 Å². The molecule has 3 nitrogen and oxygen atoms in total. The molecule has 21 heavy (non-hydrogen) atoms. The number of benzene rings is 2. The molecule has 0 aliphatic heterocycles. The monoisotopic (exact) mass is 300 g/mol. The van der Waals surface area contributed by atoms with Crippen molar-refractivity contribution in [2.24, 2.45) is 0 Å². The fourth-order valence-corrected chi connectivity index (χ4v) is 1.91. The van der Waals surface area contributed by atoms with Gasteiger partial charge in [0.15, 0.2) is 6.07 Å². The highest BCUT2D eigenvalue weighted by Crippen LogP contribution is 2.18. The summed E-state index contributed by atoms with van der Waals surface area (Å²) in [7, 11) is 0. The highest BCUT2D eigenvalue weighted by molar-refractivity contribution is 6.17. The van der Waals surface area contributed by atoms with Crippen molar-refractivity contribution in [3.05, 3.63) is 72.4 Å². The molecule has 0 spiro atoms. The van der Waals surface area contributed by atoms with Crippen molar-refractivity contribution in [2.45, 2.75) is 6.61 Å². The van der Waals surface area contributed by atoms with E-state index in [1.807, 2.05) is 60.7 Å². The molecule has 0 aliphatic carbocycles. The van der Waals surface area contributed by atoms with Gasteiger partial charge in [0.1, 0.15) is 12.4 Å². The molecule has 0 bridgehead atoms. The van der Waals surface area contributed by atoms with Gasteiger partial charge in [-0.15, -0.1) is 0 Å². The van der Waals surface area contributed by atoms with Crippen LogP contribution in [0.4, 0.5) is 0 Å². The molecule has 2 aromatic carbocycles. The second-order valence-electron chi connectivity index (χ2n) is 4.24. The van der Waals surface area contributed by atoms with Gasteiger partial charge in [0.25, 0.3) is 0 Å². The number of alkyl halides is 1. The number of fused-ring (bicyclic) bond motifs is 1. The molecule has 1 radical (unpaired) electrons. The minimum atomic E-state index is -0.110. The van der Waals surface area contributed by atoms with E-state index >= 15 is 0 Å². The summed E-state index contributed by atoms with van der Waals surface area (Å²) in [6.07, 6.45) is 1.77. The Hall–Kier alpha value is -2.10. The van der Waals surface area contributed by atoms with E-state index in [9.17, 15) is 5.11 Å². The summed E-state index contributed by atoms with van der Waals surface area (Å²) in [6, 6.07) is 19.0.